The van der Waals surface area contributed by atoms with E-state index < -0.39 is 17.9 Å². The molecule has 2 rings (SSSR count). The topological polar surface area (TPSA) is 83.2 Å². The Morgan fingerprint density at radius 2 is 2.04 bits per heavy atom. The number of H-pyrrole nitrogens is 1. The van der Waals surface area contributed by atoms with Crippen molar-refractivity contribution in [3.63, 3.8) is 0 Å². The summed E-state index contributed by atoms with van der Waals surface area (Å²) in [5, 5.41) is 5.36. The molecule has 1 aromatic carbocycles. The largest absolute Gasteiger partial charge is 0.496 e. The molecule has 1 heterocycles. The second-order valence-electron chi connectivity index (χ2n) is 5.88. The Labute approximate surface area is 145 Å². The normalized spacial score (nSPS) is 11.7. The lowest BCUT2D eigenvalue weighted by atomic mass is 10.1. The number of methoxy groups -OCH3 is 1. The van der Waals surface area contributed by atoms with Gasteiger partial charge in [-0.1, -0.05) is 0 Å². The van der Waals surface area contributed by atoms with Crippen molar-refractivity contribution in [3.8, 4) is 5.75 Å². The van der Waals surface area contributed by atoms with Crippen molar-refractivity contribution >= 4 is 6.03 Å². The molecule has 134 valence electrons. The first-order valence-corrected chi connectivity index (χ1v) is 7.89. The van der Waals surface area contributed by atoms with E-state index in [1.165, 1.54) is 25.3 Å². The highest BCUT2D eigenvalue weighted by atomic mass is 19.1. The standard InChI is InChI=1S/C18H22FN3O3/c1-10-7-11(2)21-17(23)15(10)9-20-18(24)22-12(3)14-8-13(19)5-6-16(14)25-4/h5-8,12H,9H2,1-4H3,(H,21,23)(H2,20,22,24)/t12-/m1/s1. The molecule has 0 aliphatic carbocycles. The molecule has 0 saturated heterocycles. The molecular weight excluding hydrogens is 325 g/mol. The second-order valence-corrected chi connectivity index (χ2v) is 5.88. The van der Waals surface area contributed by atoms with Gasteiger partial charge in [0.1, 0.15) is 11.6 Å². The van der Waals surface area contributed by atoms with Crippen LogP contribution in [-0.2, 0) is 6.54 Å². The summed E-state index contributed by atoms with van der Waals surface area (Å²) in [5.74, 6) is 0.0756. The van der Waals surface area contributed by atoms with Gasteiger partial charge >= 0.3 is 6.03 Å². The number of hydrogen-bond acceptors (Lipinski definition) is 3. The van der Waals surface area contributed by atoms with Gasteiger partial charge in [0.15, 0.2) is 0 Å². The Morgan fingerprint density at radius 1 is 1.32 bits per heavy atom. The molecule has 0 aliphatic heterocycles. The summed E-state index contributed by atoms with van der Waals surface area (Å²) >= 11 is 0. The number of carbonyl (C=O) groups is 1. The summed E-state index contributed by atoms with van der Waals surface area (Å²) in [6.07, 6.45) is 0. The molecule has 0 unspecified atom stereocenters. The van der Waals surface area contributed by atoms with Crippen LogP contribution in [-0.4, -0.2) is 18.1 Å². The van der Waals surface area contributed by atoms with Crippen LogP contribution < -0.4 is 20.9 Å². The molecule has 2 aromatic rings. The highest BCUT2D eigenvalue weighted by Crippen LogP contribution is 2.25. The number of halogens is 1. The van der Waals surface area contributed by atoms with E-state index in [0.717, 1.165) is 11.3 Å². The zero-order valence-electron chi connectivity index (χ0n) is 14.7. The molecule has 6 nitrogen and oxygen atoms in total. The van der Waals surface area contributed by atoms with Crippen LogP contribution in [0.4, 0.5) is 9.18 Å². The van der Waals surface area contributed by atoms with Crippen LogP contribution in [0.25, 0.3) is 0 Å². The number of aryl methyl sites for hydroxylation is 2. The Hall–Kier alpha value is -2.83. The first-order valence-electron chi connectivity index (χ1n) is 7.89. The van der Waals surface area contributed by atoms with Crippen molar-refractivity contribution in [1.82, 2.24) is 15.6 Å². The Balaban J connectivity index is 2.04. The maximum absolute atomic E-state index is 13.5. The fourth-order valence-electron chi connectivity index (χ4n) is 2.64. The fourth-order valence-corrected chi connectivity index (χ4v) is 2.64. The highest BCUT2D eigenvalue weighted by molar-refractivity contribution is 5.74. The van der Waals surface area contributed by atoms with Crippen LogP contribution in [0.5, 0.6) is 5.75 Å². The molecule has 0 saturated carbocycles. The molecular formula is C18H22FN3O3. The molecule has 0 fully saturated rings. The molecule has 3 N–H and O–H groups in total. The average Bonchev–Trinajstić information content (AvgIpc) is 2.53. The van der Waals surface area contributed by atoms with Gasteiger partial charge in [-0.25, -0.2) is 9.18 Å². The molecule has 1 atom stereocenters. The molecule has 1 aromatic heterocycles. The van der Waals surface area contributed by atoms with Crippen LogP contribution in [0.1, 0.15) is 35.3 Å². The second kappa shape index (κ2) is 7.83. The summed E-state index contributed by atoms with van der Waals surface area (Å²) in [6, 6.07) is 5.04. The van der Waals surface area contributed by atoms with Crippen molar-refractivity contribution < 1.29 is 13.9 Å². The van der Waals surface area contributed by atoms with Crippen molar-refractivity contribution in [2.24, 2.45) is 0 Å². The van der Waals surface area contributed by atoms with Crippen LogP contribution in [0.15, 0.2) is 29.1 Å². The SMILES string of the molecule is COc1ccc(F)cc1[C@@H](C)NC(=O)NCc1c(C)cc(C)[nH]c1=O. The van der Waals surface area contributed by atoms with E-state index in [9.17, 15) is 14.0 Å². The van der Waals surface area contributed by atoms with Crippen molar-refractivity contribution in [1.29, 1.82) is 0 Å². The van der Waals surface area contributed by atoms with Gasteiger partial charge in [-0.2, -0.15) is 0 Å². The lowest BCUT2D eigenvalue weighted by molar-refractivity contribution is 0.237. The van der Waals surface area contributed by atoms with Gasteiger partial charge < -0.3 is 20.4 Å². The van der Waals surface area contributed by atoms with Crippen LogP contribution >= 0.6 is 0 Å². The van der Waals surface area contributed by atoms with Gasteiger partial charge in [-0.05, 0) is 50.6 Å². The predicted molar refractivity (Wildman–Crippen MR) is 93.3 cm³/mol. The quantitative estimate of drug-likeness (QED) is 0.778. The number of amides is 2. The summed E-state index contributed by atoms with van der Waals surface area (Å²) < 4.78 is 18.6. The van der Waals surface area contributed by atoms with Gasteiger partial charge in [0.05, 0.1) is 19.7 Å². The van der Waals surface area contributed by atoms with Crippen molar-refractivity contribution in [2.45, 2.75) is 33.4 Å². The molecule has 0 radical (unpaired) electrons. The average molecular weight is 347 g/mol. The number of hydrogen-bond donors (Lipinski definition) is 3. The number of pyridine rings is 1. The number of nitrogens with one attached hydrogen (secondary N) is 3. The van der Waals surface area contributed by atoms with Gasteiger partial charge in [-0.15, -0.1) is 0 Å². The highest BCUT2D eigenvalue weighted by Gasteiger charge is 2.15. The van der Waals surface area contributed by atoms with Gasteiger partial charge in [-0.3, -0.25) is 4.79 Å². The summed E-state index contributed by atoms with van der Waals surface area (Å²) in [7, 11) is 1.48. The number of aromatic nitrogens is 1. The number of benzene rings is 1. The van der Waals surface area contributed by atoms with E-state index >= 15 is 0 Å². The monoisotopic (exact) mass is 347 g/mol. The molecule has 0 aliphatic rings. The zero-order valence-corrected chi connectivity index (χ0v) is 14.7. The van der Waals surface area contributed by atoms with Crippen LogP contribution in [0.2, 0.25) is 0 Å². The number of carbonyl (C=O) groups excluding carboxylic acids is 1. The molecule has 7 heteroatoms. The maximum atomic E-state index is 13.5. The van der Waals surface area contributed by atoms with Gasteiger partial charge in [0, 0.05) is 16.8 Å². The van der Waals surface area contributed by atoms with E-state index in [-0.39, 0.29) is 12.1 Å². The zero-order chi connectivity index (χ0) is 18.6. The lowest BCUT2D eigenvalue weighted by Gasteiger charge is -2.18. The number of rotatable bonds is 5. The maximum Gasteiger partial charge on any atom is 0.315 e. The molecule has 2 amide bonds. The van der Waals surface area contributed by atoms with E-state index in [1.54, 1.807) is 13.8 Å². The van der Waals surface area contributed by atoms with Crippen LogP contribution in [0, 0.1) is 19.7 Å². The number of aromatic amines is 1. The number of urea groups is 1. The molecule has 0 bridgehead atoms. The van der Waals surface area contributed by atoms with Crippen molar-refractivity contribution in [3.05, 3.63) is 62.8 Å². The third-order valence-electron chi connectivity index (χ3n) is 3.93. The van der Waals surface area contributed by atoms with E-state index in [2.05, 4.69) is 15.6 Å². The Kier molecular flexibility index (Phi) is 5.80. The summed E-state index contributed by atoms with van der Waals surface area (Å²) in [6.45, 7) is 5.44. The summed E-state index contributed by atoms with van der Waals surface area (Å²) in [4.78, 5) is 26.8. The minimum absolute atomic E-state index is 0.0975. The van der Waals surface area contributed by atoms with Crippen molar-refractivity contribution in [2.75, 3.05) is 7.11 Å². The van der Waals surface area contributed by atoms with Gasteiger partial charge in [0.25, 0.3) is 5.56 Å². The minimum atomic E-state index is -0.469. The Morgan fingerprint density at radius 3 is 2.68 bits per heavy atom. The molecule has 0 spiro atoms. The third-order valence-corrected chi connectivity index (χ3v) is 3.93. The Bertz CT molecular complexity index is 833. The molecule has 25 heavy (non-hydrogen) atoms. The number of ether oxygens (including phenoxy) is 1. The lowest BCUT2D eigenvalue weighted by Crippen LogP contribution is -2.38. The minimum Gasteiger partial charge on any atom is -0.496 e. The smallest absolute Gasteiger partial charge is 0.315 e. The van der Waals surface area contributed by atoms with Crippen LogP contribution in [0.3, 0.4) is 0 Å². The van der Waals surface area contributed by atoms with E-state index in [0.29, 0.717) is 16.9 Å². The third kappa shape index (κ3) is 4.59. The fraction of sp³-hybridized carbons (Fsp3) is 0.333. The summed E-state index contributed by atoms with van der Waals surface area (Å²) in [5.41, 5.74) is 2.38. The first-order chi connectivity index (χ1) is 11.8. The van der Waals surface area contributed by atoms with E-state index in [1.807, 2.05) is 13.0 Å². The van der Waals surface area contributed by atoms with E-state index in [4.69, 9.17) is 4.74 Å². The van der Waals surface area contributed by atoms with Gasteiger partial charge in [0.2, 0.25) is 0 Å². The predicted octanol–water partition coefficient (Wildman–Crippen LogP) is 2.70. The first kappa shape index (κ1) is 18.5.